The van der Waals surface area contributed by atoms with Gasteiger partial charge in [0.2, 0.25) is 11.8 Å². The lowest BCUT2D eigenvalue weighted by atomic mass is 9.83. The van der Waals surface area contributed by atoms with Crippen molar-refractivity contribution >= 4 is 23.8 Å². The largest absolute Gasteiger partial charge is 0.465 e. The van der Waals surface area contributed by atoms with Gasteiger partial charge in [-0.1, -0.05) is 0 Å². The molecule has 1 saturated carbocycles. The van der Waals surface area contributed by atoms with Crippen LogP contribution in [0.25, 0.3) is 0 Å². The highest BCUT2D eigenvalue weighted by Gasteiger charge is 2.41. The zero-order valence-corrected chi connectivity index (χ0v) is 20.3. The quantitative estimate of drug-likeness (QED) is 0.535. The Hall–Kier alpha value is -3.01. The van der Waals surface area contributed by atoms with Crippen LogP contribution < -0.4 is 10.6 Å². The van der Waals surface area contributed by atoms with Gasteiger partial charge in [-0.05, 0) is 93.1 Å². The summed E-state index contributed by atoms with van der Waals surface area (Å²) in [4.78, 5) is 51.8. The molecular weight excluding hydrogens is 467 g/mol. The highest BCUT2D eigenvalue weighted by Crippen LogP contribution is 2.38. The molecule has 1 aromatic rings. The summed E-state index contributed by atoms with van der Waals surface area (Å²) in [6.45, 7) is 3.06. The summed E-state index contributed by atoms with van der Waals surface area (Å²) in [7, 11) is 0. The third-order valence-corrected chi connectivity index (χ3v) is 8.37. The van der Waals surface area contributed by atoms with Crippen LogP contribution in [0.2, 0.25) is 0 Å². The zero-order valence-electron chi connectivity index (χ0n) is 20.3. The topological polar surface area (TPSA) is 119 Å². The average molecular weight is 501 g/mol. The number of amides is 4. The highest BCUT2D eigenvalue weighted by molar-refractivity contribution is 6.05. The van der Waals surface area contributed by atoms with E-state index in [0.29, 0.717) is 11.5 Å². The SMILES string of the molecule is O=C(O)NC1CCC(CN2CCC(c3cc(F)cc4c3CN(C3CCC(=O)NC3=O)C4=O)CC2)CC1. The van der Waals surface area contributed by atoms with E-state index >= 15 is 0 Å². The number of fused-ring (bicyclic) bond motifs is 1. The van der Waals surface area contributed by atoms with Gasteiger partial charge >= 0.3 is 6.09 Å². The van der Waals surface area contributed by atoms with E-state index in [1.165, 1.54) is 11.0 Å². The van der Waals surface area contributed by atoms with Gasteiger partial charge in [0, 0.05) is 31.1 Å². The predicted molar refractivity (Wildman–Crippen MR) is 128 cm³/mol. The second-order valence-corrected chi connectivity index (χ2v) is 10.7. The van der Waals surface area contributed by atoms with Crippen LogP contribution in [0, 0.1) is 11.7 Å². The van der Waals surface area contributed by atoms with Gasteiger partial charge in [-0.25, -0.2) is 9.18 Å². The van der Waals surface area contributed by atoms with E-state index in [1.54, 1.807) is 6.07 Å². The molecule has 3 fully saturated rings. The van der Waals surface area contributed by atoms with Crippen LogP contribution in [0.3, 0.4) is 0 Å². The Balaban J connectivity index is 1.20. The first-order valence-electron chi connectivity index (χ1n) is 13.0. The number of halogens is 1. The summed E-state index contributed by atoms with van der Waals surface area (Å²) in [5.74, 6) is -0.858. The van der Waals surface area contributed by atoms with Gasteiger partial charge in [0.05, 0.1) is 0 Å². The van der Waals surface area contributed by atoms with Crippen molar-refractivity contribution in [3.8, 4) is 0 Å². The fraction of sp³-hybridized carbons (Fsp3) is 0.615. The maximum Gasteiger partial charge on any atom is 0.404 e. The van der Waals surface area contributed by atoms with Gasteiger partial charge in [0.15, 0.2) is 0 Å². The lowest BCUT2D eigenvalue weighted by molar-refractivity contribution is -0.136. The third kappa shape index (κ3) is 5.09. The molecule has 9 nitrogen and oxygen atoms in total. The molecule has 2 saturated heterocycles. The normalized spacial score (nSPS) is 27.6. The Morgan fingerprint density at radius 3 is 2.44 bits per heavy atom. The number of piperidine rings is 2. The van der Waals surface area contributed by atoms with Crippen molar-refractivity contribution in [1.82, 2.24) is 20.4 Å². The van der Waals surface area contributed by atoms with Crippen LogP contribution in [-0.2, 0) is 16.1 Å². The standard InChI is InChI=1S/C26H33FN4O5/c27-17-11-19(21-14-31(25(34)20(21)12-17)22-5-6-23(32)29-24(22)33)16-7-9-30(10-8-16)13-15-1-3-18(4-2-15)28-26(35)36/h11-12,15-16,18,22,28H,1-10,13-14H2,(H,35,36)(H,29,32,33). The molecule has 0 radical (unpaired) electrons. The third-order valence-electron chi connectivity index (χ3n) is 8.37. The van der Waals surface area contributed by atoms with Crippen LogP contribution in [0.15, 0.2) is 12.1 Å². The minimum Gasteiger partial charge on any atom is -0.465 e. The smallest absolute Gasteiger partial charge is 0.404 e. The number of hydrogen-bond acceptors (Lipinski definition) is 5. The fourth-order valence-electron chi connectivity index (χ4n) is 6.47. The second-order valence-electron chi connectivity index (χ2n) is 10.7. The molecule has 1 aromatic carbocycles. The van der Waals surface area contributed by atoms with Gasteiger partial charge in [-0.3, -0.25) is 19.7 Å². The second kappa shape index (κ2) is 10.2. The van der Waals surface area contributed by atoms with E-state index in [9.17, 15) is 23.6 Å². The lowest BCUT2D eigenvalue weighted by Gasteiger charge is -2.37. The summed E-state index contributed by atoms with van der Waals surface area (Å²) < 4.78 is 14.6. The summed E-state index contributed by atoms with van der Waals surface area (Å²) in [5.41, 5.74) is 2.02. The number of carboxylic acid groups (broad SMARTS) is 1. The van der Waals surface area contributed by atoms with Crippen molar-refractivity contribution in [3.63, 3.8) is 0 Å². The van der Waals surface area contributed by atoms with Crippen LogP contribution in [-0.4, -0.2) is 70.4 Å². The van der Waals surface area contributed by atoms with E-state index in [4.69, 9.17) is 5.11 Å². The molecule has 10 heteroatoms. The molecule has 1 unspecified atom stereocenters. The van der Waals surface area contributed by atoms with Gasteiger partial charge in [0.25, 0.3) is 5.91 Å². The molecule has 3 N–H and O–H groups in total. The number of hydrogen-bond donors (Lipinski definition) is 3. The zero-order chi connectivity index (χ0) is 25.4. The molecule has 0 spiro atoms. The lowest BCUT2D eigenvalue weighted by Crippen LogP contribution is -2.52. The van der Waals surface area contributed by atoms with Crippen molar-refractivity contribution in [3.05, 3.63) is 34.6 Å². The van der Waals surface area contributed by atoms with Gasteiger partial charge in [0.1, 0.15) is 11.9 Å². The molecule has 3 aliphatic heterocycles. The number of likely N-dealkylation sites (tertiary alicyclic amines) is 1. The number of carbonyl (C=O) groups is 4. The Kier molecular flexibility index (Phi) is 6.96. The molecule has 1 aliphatic carbocycles. The van der Waals surface area contributed by atoms with Crippen molar-refractivity contribution in [2.45, 2.75) is 75.9 Å². The summed E-state index contributed by atoms with van der Waals surface area (Å²) in [6, 6.07) is 2.18. The van der Waals surface area contributed by atoms with Gasteiger partial charge < -0.3 is 20.2 Å². The highest BCUT2D eigenvalue weighted by atomic mass is 19.1. The van der Waals surface area contributed by atoms with Crippen LogP contribution in [0.4, 0.5) is 9.18 Å². The number of imide groups is 1. The Bertz CT molecular complexity index is 1060. The predicted octanol–water partition coefficient (Wildman–Crippen LogP) is 2.59. The Morgan fingerprint density at radius 2 is 1.78 bits per heavy atom. The minimum absolute atomic E-state index is 0.0574. The molecule has 4 aliphatic rings. The molecule has 5 rings (SSSR count). The van der Waals surface area contributed by atoms with Crippen LogP contribution >= 0.6 is 0 Å². The molecule has 0 bridgehead atoms. The number of carbonyl (C=O) groups excluding carboxylic acids is 3. The van der Waals surface area contributed by atoms with E-state index in [2.05, 4.69) is 15.5 Å². The van der Waals surface area contributed by atoms with Crippen molar-refractivity contribution in [2.24, 2.45) is 5.92 Å². The van der Waals surface area contributed by atoms with Crippen LogP contribution in [0.5, 0.6) is 0 Å². The average Bonchev–Trinajstić information content (AvgIpc) is 3.16. The van der Waals surface area contributed by atoms with Crippen molar-refractivity contribution < 1.29 is 28.7 Å². The molecule has 36 heavy (non-hydrogen) atoms. The van der Waals surface area contributed by atoms with Gasteiger partial charge in [-0.2, -0.15) is 0 Å². The molecule has 4 amide bonds. The van der Waals surface area contributed by atoms with Crippen molar-refractivity contribution in [2.75, 3.05) is 19.6 Å². The first-order chi connectivity index (χ1) is 17.3. The molecular formula is C26H33FN4O5. The summed E-state index contributed by atoms with van der Waals surface area (Å²) >= 11 is 0. The number of nitrogens with zero attached hydrogens (tertiary/aromatic N) is 2. The molecule has 194 valence electrons. The first kappa shape index (κ1) is 24.7. The number of rotatable bonds is 5. The molecule has 1 atom stereocenters. The number of benzene rings is 1. The Labute approximate surface area is 209 Å². The Morgan fingerprint density at radius 1 is 1.06 bits per heavy atom. The van der Waals surface area contributed by atoms with E-state index in [-0.39, 0.29) is 43.2 Å². The monoisotopic (exact) mass is 500 g/mol. The number of nitrogens with one attached hydrogen (secondary N) is 2. The summed E-state index contributed by atoms with van der Waals surface area (Å²) in [5, 5.41) is 13.8. The fourth-order valence-corrected chi connectivity index (χ4v) is 6.47. The summed E-state index contributed by atoms with van der Waals surface area (Å²) in [6.07, 6.45) is 5.05. The van der Waals surface area contributed by atoms with Crippen molar-refractivity contribution in [1.29, 1.82) is 0 Å². The van der Waals surface area contributed by atoms with Crippen LogP contribution in [0.1, 0.15) is 78.8 Å². The maximum atomic E-state index is 14.6. The maximum absolute atomic E-state index is 14.6. The minimum atomic E-state index is -0.953. The molecule has 0 aromatic heterocycles. The van der Waals surface area contributed by atoms with E-state index < -0.39 is 23.9 Å². The molecule has 3 heterocycles. The van der Waals surface area contributed by atoms with Gasteiger partial charge in [-0.15, -0.1) is 0 Å². The first-order valence-corrected chi connectivity index (χ1v) is 13.0. The van der Waals surface area contributed by atoms with E-state index in [0.717, 1.165) is 69.3 Å². The van der Waals surface area contributed by atoms with E-state index in [1.807, 2.05) is 0 Å².